The summed E-state index contributed by atoms with van der Waals surface area (Å²) in [5.74, 6) is 0.608. The van der Waals surface area contributed by atoms with E-state index in [1.54, 1.807) is 0 Å². The quantitative estimate of drug-likeness (QED) is 0.716. The molecule has 0 atom stereocenters. The van der Waals surface area contributed by atoms with E-state index in [-0.39, 0.29) is 12.5 Å². The number of carbonyl (C=O) groups excluding carboxylic acids is 1. The molecule has 1 aromatic heterocycles. The lowest BCUT2D eigenvalue weighted by atomic mass is 9.98. The molecule has 0 fully saturated rings. The van der Waals surface area contributed by atoms with Gasteiger partial charge in [-0.25, -0.2) is 0 Å². The van der Waals surface area contributed by atoms with Gasteiger partial charge in [0.1, 0.15) is 5.75 Å². The molecule has 3 aromatic rings. The van der Waals surface area contributed by atoms with Crippen LogP contribution in [-0.4, -0.2) is 17.5 Å². The summed E-state index contributed by atoms with van der Waals surface area (Å²) >= 11 is 0. The standard InChI is InChI=1S/C17H14N2O2/c1-10-6-14-12(4-5-18-14)7-13(10)11-2-3-16-15(8-11)19-17(20)9-21-16/h2-8,18H,9H2,1H3,(H,19,20). The van der Waals surface area contributed by atoms with Crippen LogP contribution in [0.5, 0.6) is 5.75 Å². The van der Waals surface area contributed by atoms with Crippen LogP contribution >= 0.6 is 0 Å². The van der Waals surface area contributed by atoms with Gasteiger partial charge in [-0.05, 0) is 59.3 Å². The zero-order valence-corrected chi connectivity index (χ0v) is 11.6. The van der Waals surface area contributed by atoms with E-state index in [4.69, 9.17) is 4.74 Å². The predicted octanol–water partition coefficient (Wildman–Crippen LogP) is 3.47. The highest BCUT2D eigenvalue weighted by Gasteiger charge is 2.16. The molecule has 0 unspecified atom stereocenters. The highest BCUT2D eigenvalue weighted by atomic mass is 16.5. The number of aromatic nitrogens is 1. The van der Waals surface area contributed by atoms with E-state index in [1.165, 1.54) is 10.9 Å². The molecule has 0 radical (unpaired) electrons. The molecule has 21 heavy (non-hydrogen) atoms. The van der Waals surface area contributed by atoms with Crippen LogP contribution in [0.25, 0.3) is 22.0 Å². The number of hydrogen-bond acceptors (Lipinski definition) is 2. The molecule has 2 aromatic carbocycles. The monoisotopic (exact) mass is 278 g/mol. The van der Waals surface area contributed by atoms with Gasteiger partial charge in [0.25, 0.3) is 5.91 Å². The number of aromatic amines is 1. The zero-order chi connectivity index (χ0) is 14.4. The molecule has 0 saturated heterocycles. The first kappa shape index (κ1) is 12.0. The Hall–Kier alpha value is -2.75. The molecule has 1 aliphatic heterocycles. The summed E-state index contributed by atoms with van der Waals surface area (Å²) in [5, 5.41) is 4.03. The molecule has 1 amide bonds. The van der Waals surface area contributed by atoms with E-state index >= 15 is 0 Å². The lowest BCUT2D eigenvalue weighted by molar-refractivity contribution is -0.118. The Morgan fingerprint density at radius 2 is 2.05 bits per heavy atom. The number of fused-ring (bicyclic) bond motifs is 2. The van der Waals surface area contributed by atoms with Crippen LogP contribution in [-0.2, 0) is 4.79 Å². The number of aryl methyl sites for hydroxylation is 1. The number of amides is 1. The molecule has 0 spiro atoms. The van der Waals surface area contributed by atoms with Gasteiger partial charge in [-0.15, -0.1) is 0 Å². The van der Waals surface area contributed by atoms with Crippen molar-refractivity contribution in [3.63, 3.8) is 0 Å². The minimum Gasteiger partial charge on any atom is -0.482 e. The molecule has 4 heteroatoms. The fourth-order valence-corrected chi connectivity index (χ4v) is 2.77. The number of benzene rings is 2. The smallest absolute Gasteiger partial charge is 0.262 e. The van der Waals surface area contributed by atoms with Crippen LogP contribution in [0.2, 0.25) is 0 Å². The van der Waals surface area contributed by atoms with Crippen molar-refractivity contribution in [3.05, 3.63) is 48.2 Å². The van der Waals surface area contributed by atoms with Gasteiger partial charge < -0.3 is 15.0 Å². The van der Waals surface area contributed by atoms with Crippen LogP contribution in [0, 0.1) is 6.92 Å². The molecular formula is C17H14N2O2. The van der Waals surface area contributed by atoms with E-state index in [0.717, 1.165) is 28.1 Å². The Labute approximate surface area is 121 Å². The largest absolute Gasteiger partial charge is 0.482 e. The van der Waals surface area contributed by atoms with Gasteiger partial charge in [0, 0.05) is 11.7 Å². The Balaban J connectivity index is 1.86. The van der Waals surface area contributed by atoms with Gasteiger partial charge in [-0.2, -0.15) is 0 Å². The summed E-state index contributed by atoms with van der Waals surface area (Å²) in [6.07, 6.45) is 1.94. The molecule has 4 rings (SSSR count). The Kier molecular flexibility index (Phi) is 2.51. The third kappa shape index (κ3) is 1.96. The molecule has 0 aliphatic carbocycles. The molecule has 2 heterocycles. The van der Waals surface area contributed by atoms with Crippen LogP contribution in [0.3, 0.4) is 0 Å². The van der Waals surface area contributed by atoms with Crippen LogP contribution in [0.15, 0.2) is 42.6 Å². The molecule has 104 valence electrons. The summed E-state index contributed by atoms with van der Waals surface area (Å²) < 4.78 is 5.40. The van der Waals surface area contributed by atoms with Crippen molar-refractivity contribution in [2.45, 2.75) is 6.92 Å². The highest BCUT2D eigenvalue weighted by molar-refractivity contribution is 5.96. The van der Waals surface area contributed by atoms with E-state index in [2.05, 4.69) is 35.4 Å². The summed E-state index contributed by atoms with van der Waals surface area (Å²) in [5.41, 5.74) is 5.28. The Morgan fingerprint density at radius 3 is 2.95 bits per heavy atom. The van der Waals surface area contributed by atoms with E-state index in [0.29, 0.717) is 0 Å². The van der Waals surface area contributed by atoms with Gasteiger partial charge in [0.05, 0.1) is 5.69 Å². The predicted molar refractivity (Wildman–Crippen MR) is 82.6 cm³/mol. The average Bonchev–Trinajstić information content (AvgIpc) is 2.92. The first-order valence-electron chi connectivity index (χ1n) is 6.85. The number of ether oxygens (including phenoxy) is 1. The maximum absolute atomic E-state index is 11.4. The maximum atomic E-state index is 11.4. The van der Waals surface area contributed by atoms with Crippen LogP contribution < -0.4 is 10.1 Å². The number of anilines is 1. The van der Waals surface area contributed by atoms with E-state index in [9.17, 15) is 4.79 Å². The first-order chi connectivity index (χ1) is 10.2. The fraction of sp³-hybridized carbons (Fsp3) is 0.118. The van der Waals surface area contributed by atoms with Crippen LogP contribution in [0.4, 0.5) is 5.69 Å². The third-order valence-electron chi connectivity index (χ3n) is 3.82. The normalized spacial score (nSPS) is 13.7. The fourth-order valence-electron chi connectivity index (χ4n) is 2.77. The van der Waals surface area contributed by atoms with Crippen molar-refractivity contribution in [1.29, 1.82) is 0 Å². The molecule has 1 aliphatic rings. The van der Waals surface area contributed by atoms with Crippen molar-refractivity contribution in [3.8, 4) is 16.9 Å². The molecule has 2 N–H and O–H groups in total. The second-order valence-electron chi connectivity index (χ2n) is 5.28. The zero-order valence-electron chi connectivity index (χ0n) is 11.6. The van der Waals surface area contributed by atoms with Gasteiger partial charge in [-0.1, -0.05) is 6.07 Å². The van der Waals surface area contributed by atoms with Gasteiger partial charge in [-0.3, -0.25) is 4.79 Å². The van der Waals surface area contributed by atoms with Crippen molar-refractivity contribution >= 4 is 22.5 Å². The lowest BCUT2D eigenvalue weighted by Gasteiger charge is -2.19. The average molecular weight is 278 g/mol. The molecule has 0 saturated carbocycles. The van der Waals surface area contributed by atoms with Crippen molar-refractivity contribution in [2.24, 2.45) is 0 Å². The summed E-state index contributed by atoms with van der Waals surface area (Å²) in [4.78, 5) is 14.7. The first-order valence-corrected chi connectivity index (χ1v) is 6.85. The third-order valence-corrected chi connectivity index (χ3v) is 3.82. The van der Waals surface area contributed by atoms with Gasteiger partial charge >= 0.3 is 0 Å². The highest BCUT2D eigenvalue weighted by Crippen LogP contribution is 2.35. The minimum absolute atomic E-state index is 0.0840. The molecule has 0 bridgehead atoms. The number of H-pyrrole nitrogens is 1. The van der Waals surface area contributed by atoms with E-state index < -0.39 is 0 Å². The second kappa shape index (κ2) is 4.38. The van der Waals surface area contributed by atoms with Crippen molar-refractivity contribution in [2.75, 3.05) is 11.9 Å². The summed E-state index contributed by atoms with van der Waals surface area (Å²) in [7, 11) is 0. The molecule has 4 nitrogen and oxygen atoms in total. The SMILES string of the molecule is Cc1cc2[nH]ccc2cc1-c1ccc2c(c1)NC(=O)CO2. The topological polar surface area (TPSA) is 54.1 Å². The Morgan fingerprint density at radius 1 is 1.14 bits per heavy atom. The van der Waals surface area contributed by atoms with Crippen LogP contribution in [0.1, 0.15) is 5.56 Å². The second-order valence-corrected chi connectivity index (χ2v) is 5.28. The number of nitrogens with one attached hydrogen (secondary N) is 2. The molecular weight excluding hydrogens is 264 g/mol. The maximum Gasteiger partial charge on any atom is 0.262 e. The summed E-state index contributed by atoms with van der Waals surface area (Å²) in [6, 6.07) is 12.3. The number of rotatable bonds is 1. The van der Waals surface area contributed by atoms with Gasteiger partial charge in [0.15, 0.2) is 6.61 Å². The van der Waals surface area contributed by atoms with Gasteiger partial charge in [0.2, 0.25) is 0 Å². The number of hydrogen-bond donors (Lipinski definition) is 2. The number of carbonyl (C=O) groups is 1. The van der Waals surface area contributed by atoms with E-state index in [1.807, 2.05) is 24.4 Å². The summed E-state index contributed by atoms with van der Waals surface area (Å²) in [6.45, 7) is 2.17. The lowest BCUT2D eigenvalue weighted by Crippen LogP contribution is -2.25. The van der Waals surface area contributed by atoms with Crippen molar-refractivity contribution in [1.82, 2.24) is 4.98 Å². The minimum atomic E-state index is -0.113. The Bertz CT molecular complexity index is 864. The van der Waals surface area contributed by atoms with Crippen molar-refractivity contribution < 1.29 is 9.53 Å².